The van der Waals surface area contributed by atoms with Crippen molar-refractivity contribution in [2.75, 3.05) is 6.54 Å². The maximum atomic E-state index is 11.1. The fraction of sp³-hybridized carbons (Fsp3) is 0.292. The van der Waals surface area contributed by atoms with E-state index in [1.54, 1.807) is 6.26 Å². The lowest BCUT2D eigenvalue weighted by Gasteiger charge is -2.23. The molecule has 0 radical (unpaired) electrons. The van der Waals surface area contributed by atoms with Gasteiger partial charge in [-0.15, -0.1) is 0 Å². The van der Waals surface area contributed by atoms with Crippen LogP contribution < -0.4 is 10.5 Å². The van der Waals surface area contributed by atoms with Gasteiger partial charge in [-0.3, -0.25) is 9.69 Å². The molecule has 0 aliphatic carbocycles. The molecule has 3 rings (SSSR count). The van der Waals surface area contributed by atoms with Crippen LogP contribution in [0.4, 0.5) is 0 Å². The Kier molecular flexibility index (Phi) is 7.65. The van der Waals surface area contributed by atoms with Crippen molar-refractivity contribution in [2.45, 2.75) is 39.1 Å². The standard InChI is InChI=1S/C24H28N2O4/c1-18-6-4-7-19(14-18)17-30-23-10-3-2-8-20(23)15-26(12-11-22(25)24(27)28)16-21-9-5-13-29-21/h2-10,13-14,22H,11-12,15-17,25H2,1H3,(H,27,28). The minimum atomic E-state index is -0.991. The molecule has 0 saturated heterocycles. The molecular weight excluding hydrogens is 380 g/mol. The summed E-state index contributed by atoms with van der Waals surface area (Å²) >= 11 is 0. The van der Waals surface area contributed by atoms with E-state index in [1.807, 2.05) is 48.5 Å². The molecule has 1 heterocycles. The van der Waals surface area contributed by atoms with E-state index in [9.17, 15) is 4.79 Å². The summed E-state index contributed by atoms with van der Waals surface area (Å²) in [6.45, 7) is 4.23. The second-order valence-electron chi connectivity index (χ2n) is 7.41. The Morgan fingerprint density at radius 2 is 1.97 bits per heavy atom. The quantitative estimate of drug-likeness (QED) is 0.499. The molecule has 1 atom stereocenters. The number of ether oxygens (including phenoxy) is 1. The number of hydrogen-bond donors (Lipinski definition) is 2. The number of carboxylic acids is 1. The van der Waals surface area contributed by atoms with Gasteiger partial charge in [0.2, 0.25) is 0 Å². The van der Waals surface area contributed by atoms with E-state index in [4.69, 9.17) is 20.0 Å². The third-order valence-electron chi connectivity index (χ3n) is 4.88. The van der Waals surface area contributed by atoms with Crippen molar-refractivity contribution < 1.29 is 19.1 Å². The molecule has 6 nitrogen and oxygen atoms in total. The van der Waals surface area contributed by atoms with Gasteiger partial charge in [-0.2, -0.15) is 0 Å². The van der Waals surface area contributed by atoms with Crippen LogP contribution in [0, 0.1) is 6.92 Å². The molecule has 0 aliphatic heterocycles. The molecule has 3 N–H and O–H groups in total. The van der Waals surface area contributed by atoms with Crippen molar-refractivity contribution in [1.82, 2.24) is 4.90 Å². The van der Waals surface area contributed by atoms with Crippen molar-refractivity contribution in [3.63, 3.8) is 0 Å². The number of rotatable bonds is 11. The van der Waals surface area contributed by atoms with E-state index in [-0.39, 0.29) is 0 Å². The lowest BCUT2D eigenvalue weighted by molar-refractivity contribution is -0.138. The highest BCUT2D eigenvalue weighted by Crippen LogP contribution is 2.22. The average Bonchev–Trinajstić information content (AvgIpc) is 3.24. The summed E-state index contributed by atoms with van der Waals surface area (Å²) in [4.78, 5) is 13.2. The van der Waals surface area contributed by atoms with Gasteiger partial charge in [0.1, 0.15) is 24.2 Å². The fourth-order valence-corrected chi connectivity index (χ4v) is 3.26. The van der Waals surface area contributed by atoms with E-state index in [0.717, 1.165) is 22.6 Å². The first kappa shape index (κ1) is 21.6. The van der Waals surface area contributed by atoms with Gasteiger partial charge in [-0.1, -0.05) is 48.0 Å². The van der Waals surface area contributed by atoms with Crippen LogP contribution in [0.3, 0.4) is 0 Å². The van der Waals surface area contributed by atoms with Gasteiger partial charge in [0.05, 0.1) is 12.8 Å². The van der Waals surface area contributed by atoms with Crippen LogP contribution in [0.2, 0.25) is 0 Å². The molecule has 2 aromatic carbocycles. The van der Waals surface area contributed by atoms with Crippen molar-refractivity contribution in [3.05, 3.63) is 89.4 Å². The zero-order valence-electron chi connectivity index (χ0n) is 17.2. The first-order chi connectivity index (χ1) is 14.5. The molecule has 0 spiro atoms. The van der Waals surface area contributed by atoms with Gasteiger partial charge < -0.3 is 20.0 Å². The van der Waals surface area contributed by atoms with Gasteiger partial charge >= 0.3 is 5.97 Å². The van der Waals surface area contributed by atoms with Gasteiger partial charge in [-0.25, -0.2) is 0 Å². The minimum Gasteiger partial charge on any atom is -0.489 e. The molecule has 0 aliphatic rings. The molecule has 0 fully saturated rings. The van der Waals surface area contributed by atoms with Crippen LogP contribution in [0.5, 0.6) is 5.75 Å². The number of nitrogens with zero attached hydrogens (tertiary/aromatic N) is 1. The van der Waals surface area contributed by atoms with Crippen LogP contribution in [-0.4, -0.2) is 28.6 Å². The number of benzene rings is 2. The summed E-state index contributed by atoms with van der Waals surface area (Å²) in [5, 5.41) is 9.10. The zero-order valence-corrected chi connectivity index (χ0v) is 17.2. The Labute approximate surface area is 176 Å². The maximum absolute atomic E-state index is 11.1. The summed E-state index contributed by atoms with van der Waals surface area (Å²) in [5.41, 5.74) is 9.05. The number of carboxylic acid groups (broad SMARTS) is 1. The lowest BCUT2D eigenvalue weighted by atomic mass is 10.1. The summed E-state index contributed by atoms with van der Waals surface area (Å²) in [5.74, 6) is 0.637. The van der Waals surface area contributed by atoms with E-state index in [1.165, 1.54) is 5.56 Å². The molecule has 1 unspecified atom stereocenters. The summed E-state index contributed by atoms with van der Waals surface area (Å²) in [6, 6.07) is 19.0. The summed E-state index contributed by atoms with van der Waals surface area (Å²) in [7, 11) is 0. The van der Waals surface area contributed by atoms with Gasteiger partial charge in [0.25, 0.3) is 0 Å². The van der Waals surface area contributed by atoms with Crippen molar-refractivity contribution in [2.24, 2.45) is 5.73 Å². The average molecular weight is 408 g/mol. The largest absolute Gasteiger partial charge is 0.489 e. The number of nitrogens with two attached hydrogens (primary N) is 1. The number of aryl methyl sites for hydroxylation is 1. The molecule has 30 heavy (non-hydrogen) atoms. The highest BCUT2D eigenvalue weighted by molar-refractivity contribution is 5.72. The third-order valence-corrected chi connectivity index (χ3v) is 4.88. The molecule has 0 saturated carbocycles. The number of para-hydroxylation sites is 1. The monoisotopic (exact) mass is 408 g/mol. The van der Waals surface area contributed by atoms with Crippen LogP contribution in [0.25, 0.3) is 0 Å². The minimum absolute atomic E-state index is 0.350. The highest BCUT2D eigenvalue weighted by Gasteiger charge is 2.17. The molecular formula is C24H28N2O4. The molecule has 1 aromatic heterocycles. The fourth-order valence-electron chi connectivity index (χ4n) is 3.26. The number of hydrogen-bond acceptors (Lipinski definition) is 5. The lowest BCUT2D eigenvalue weighted by Crippen LogP contribution is -2.35. The maximum Gasteiger partial charge on any atom is 0.320 e. The summed E-state index contributed by atoms with van der Waals surface area (Å²) < 4.78 is 11.6. The van der Waals surface area contributed by atoms with E-state index < -0.39 is 12.0 Å². The molecule has 3 aromatic rings. The molecule has 0 bridgehead atoms. The van der Waals surface area contributed by atoms with Crippen LogP contribution in [0.15, 0.2) is 71.3 Å². The zero-order chi connectivity index (χ0) is 21.3. The van der Waals surface area contributed by atoms with Crippen molar-refractivity contribution in [1.29, 1.82) is 0 Å². The van der Waals surface area contributed by atoms with Gasteiger partial charge in [-0.05, 0) is 37.1 Å². The Balaban J connectivity index is 1.70. The molecule has 0 amide bonds. The number of aliphatic carboxylic acids is 1. The third kappa shape index (κ3) is 6.47. The summed E-state index contributed by atoms with van der Waals surface area (Å²) in [6.07, 6.45) is 1.98. The Morgan fingerprint density at radius 1 is 1.13 bits per heavy atom. The molecule has 6 heteroatoms. The van der Waals surface area contributed by atoms with Crippen LogP contribution in [0.1, 0.15) is 28.9 Å². The molecule has 158 valence electrons. The SMILES string of the molecule is Cc1cccc(COc2ccccc2CN(CCC(N)C(=O)O)Cc2ccco2)c1. The van der Waals surface area contributed by atoms with E-state index in [2.05, 4.69) is 24.0 Å². The second kappa shape index (κ2) is 10.6. The first-order valence-corrected chi connectivity index (χ1v) is 10.0. The van der Waals surface area contributed by atoms with Gasteiger partial charge in [0, 0.05) is 18.7 Å². The number of carbonyl (C=O) groups is 1. The smallest absolute Gasteiger partial charge is 0.320 e. The highest BCUT2D eigenvalue weighted by atomic mass is 16.5. The Morgan fingerprint density at radius 3 is 2.70 bits per heavy atom. The van der Waals surface area contributed by atoms with Crippen molar-refractivity contribution >= 4 is 5.97 Å². The van der Waals surface area contributed by atoms with E-state index in [0.29, 0.717) is 32.7 Å². The predicted molar refractivity (Wildman–Crippen MR) is 115 cm³/mol. The van der Waals surface area contributed by atoms with Gasteiger partial charge in [0.15, 0.2) is 0 Å². The van der Waals surface area contributed by atoms with Crippen LogP contribution >= 0.6 is 0 Å². The number of furan rings is 1. The van der Waals surface area contributed by atoms with Crippen LogP contribution in [-0.2, 0) is 24.5 Å². The predicted octanol–water partition coefficient (Wildman–Crippen LogP) is 3.97. The Hall–Kier alpha value is -3.09. The normalized spacial score (nSPS) is 12.1. The Bertz CT molecular complexity index is 940. The second-order valence-corrected chi connectivity index (χ2v) is 7.41. The van der Waals surface area contributed by atoms with Crippen molar-refractivity contribution in [3.8, 4) is 5.75 Å². The topological polar surface area (TPSA) is 88.9 Å². The first-order valence-electron chi connectivity index (χ1n) is 10.0. The van der Waals surface area contributed by atoms with E-state index >= 15 is 0 Å².